The SMILES string of the molecule is Cc1ccc(C(O)c2cc(C)c(C)s2)cn1. The van der Waals surface area contributed by atoms with Crippen molar-refractivity contribution in [2.75, 3.05) is 0 Å². The molecule has 0 spiro atoms. The van der Waals surface area contributed by atoms with Crippen LogP contribution in [-0.4, -0.2) is 10.1 Å². The molecule has 2 heterocycles. The topological polar surface area (TPSA) is 33.1 Å². The van der Waals surface area contributed by atoms with Crippen LogP contribution >= 0.6 is 11.3 Å². The summed E-state index contributed by atoms with van der Waals surface area (Å²) in [5.74, 6) is 0. The quantitative estimate of drug-likeness (QED) is 0.864. The Kier molecular flexibility index (Phi) is 3.08. The van der Waals surface area contributed by atoms with Gasteiger partial charge in [0.05, 0.1) is 0 Å². The van der Waals surface area contributed by atoms with Crippen LogP contribution in [0.3, 0.4) is 0 Å². The second kappa shape index (κ2) is 4.36. The molecule has 0 saturated carbocycles. The lowest BCUT2D eigenvalue weighted by Crippen LogP contribution is -1.98. The lowest BCUT2D eigenvalue weighted by atomic mass is 10.1. The standard InChI is InChI=1S/C13H15NOS/c1-8-6-12(16-10(8)3)13(15)11-5-4-9(2)14-7-11/h4-7,13,15H,1-3H3. The van der Waals surface area contributed by atoms with Crippen molar-refractivity contribution in [3.8, 4) is 0 Å². The molecule has 0 bridgehead atoms. The molecular weight excluding hydrogens is 218 g/mol. The Bertz CT molecular complexity index is 468. The number of aryl methyl sites for hydroxylation is 3. The molecule has 0 aliphatic carbocycles. The summed E-state index contributed by atoms with van der Waals surface area (Å²) < 4.78 is 0. The Balaban J connectivity index is 2.31. The van der Waals surface area contributed by atoms with Gasteiger partial charge in [-0.05, 0) is 38.5 Å². The highest BCUT2D eigenvalue weighted by molar-refractivity contribution is 7.12. The van der Waals surface area contributed by atoms with Gasteiger partial charge in [0, 0.05) is 27.2 Å². The zero-order valence-corrected chi connectivity index (χ0v) is 10.5. The molecule has 2 nitrogen and oxygen atoms in total. The highest BCUT2D eigenvalue weighted by Gasteiger charge is 2.13. The molecule has 16 heavy (non-hydrogen) atoms. The molecular formula is C13H15NOS. The van der Waals surface area contributed by atoms with E-state index in [0.29, 0.717) is 0 Å². The number of hydrogen-bond acceptors (Lipinski definition) is 3. The summed E-state index contributed by atoms with van der Waals surface area (Å²) in [6.07, 6.45) is 1.19. The minimum Gasteiger partial charge on any atom is -0.383 e. The van der Waals surface area contributed by atoms with Crippen molar-refractivity contribution in [1.82, 2.24) is 4.98 Å². The maximum Gasteiger partial charge on any atom is 0.115 e. The zero-order valence-electron chi connectivity index (χ0n) is 9.69. The van der Waals surface area contributed by atoms with Crippen LogP contribution in [0.2, 0.25) is 0 Å². The third-order valence-corrected chi connectivity index (χ3v) is 3.91. The number of aromatic nitrogens is 1. The maximum atomic E-state index is 10.2. The molecule has 2 rings (SSSR count). The van der Waals surface area contributed by atoms with E-state index in [2.05, 4.69) is 18.8 Å². The summed E-state index contributed by atoms with van der Waals surface area (Å²) in [6, 6.07) is 5.90. The Morgan fingerprint density at radius 3 is 2.50 bits per heavy atom. The highest BCUT2D eigenvalue weighted by atomic mass is 32.1. The first-order valence-electron chi connectivity index (χ1n) is 5.25. The van der Waals surface area contributed by atoms with Gasteiger partial charge in [0.15, 0.2) is 0 Å². The second-order valence-electron chi connectivity index (χ2n) is 4.02. The Hall–Kier alpha value is -1.19. The summed E-state index contributed by atoms with van der Waals surface area (Å²) in [5.41, 5.74) is 3.06. The van der Waals surface area contributed by atoms with Crippen LogP contribution < -0.4 is 0 Å². The molecule has 0 saturated heterocycles. The highest BCUT2D eigenvalue weighted by Crippen LogP contribution is 2.30. The Labute approximate surface area is 99.6 Å². The minimum atomic E-state index is -0.550. The van der Waals surface area contributed by atoms with Gasteiger partial charge in [-0.1, -0.05) is 6.07 Å². The third-order valence-electron chi connectivity index (χ3n) is 2.70. The largest absolute Gasteiger partial charge is 0.383 e. The van der Waals surface area contributed by atoms with Crippen molar-refractivity contribution >= 4 is 11.3 Å². The molecule has 2 aromatic heterocycles. The molecule has 3 heteroatoms. The van der Waals surface area contributed by atoms with Gasteiger partial charge in [-0.2, -0.15) is 0 Å². The number of thiophene rings is 1. The molecule has 0 amide bonds. The fourth-order valence-electron chi connectivity index (χ4n) is 1.54. The first-order valence-corrected chi connectivity index (χ1v) is 6.07. The molecule has 1 atom stereocenters. The van der Waals surface area contributed by atoms with E-state index in [0.717, 1.165) is 16.1 Å². The van der Waals surface area contributed by atoms with Crippen molar-refractivity contribution in [2.24, 2.45) is 0 Å². The number of hydrogen-bond donors (Lipinski definition) is 1. The van der Waals surface area contributed by atoms with Gasteiger partial charge >= 0.3 is 0 Å². The molecule has 0 radical (unpaired) electrons. The zero-order chi connectivity index (χ0) is 11.7. The molecule has 1 N–H and O–H groups in total. The number of nitrogens with zero attached hydrogens (tertiary/aromatic N) is 1. The molecule has 0 aliphatic rings. The van der Waals surface area contributed by atoms with E-state index in [1.807, 2.05) is 25.1 Å². The number of pyridine rings is 1. The Morgan fingerprint density at radius 2 is 2.00 bits per heavy atom. The molecule has 2 aromatic rings. The summed E-state index contributed by atoms with van der Waals surface area (Å²) in [6.45, 7) is 6.08. The third kappa shape index (κ3) is 2.15. The fraction of sp³-hybridized carbons (Fsp3) is 0.308. The van der Waals surface area contributed by atoms with Gasteiger partial charge in [0.1, 0.15) is 6.10 Å². The summed E-state index contributed by atoms with van der Waals surface area (Å²) >= 11 is 1.64. The van der Waals surface area contributed by atoms with Crippen LogP contribution in [0, 0.1) is 20.8 Å². The molecule has 0 fully saturated rings. The van der Waals surface area contributed by atoms with Crippen molar-refractivity contribution in [3.05, 3.63) is 51.0 Å². The second-order valence-corrected chi connectivity index (χ2v) is 5.31. The van der Waals surface area contributed by atoms with Crippen molar-refractivity contribution < 1.29 is 5.11 Å². The van der Waals surface area contributed by atoms with Crippen LogP contribution in [0.1, 0.15) is 32.7 Å². The first-order chi connectivity index (χ1) is 7.58. The van der Waals surface area contributed by atoms with Crippen LogP contribution in [0.15, 0.2) is 24.4 Å². The van der Waals surface area contributed by atoms with E-state index < -0.39 is 6.10 Å². The number of rotatable bonds is 2. The van der Waals surface area contributed by atoms with Gasteiger partial charge < -0.3 is 5.11 Å². The van der Waals surface area contributed by atoms with Gasteiger partial charge in [-0.25, -0.2) is 0 Å². The van der Waals surface area contributed by atoms with Gasteiger partial charge in [-0.15, -0.1) is 11.3 Å². The maximum absolute atomic E-state index is 10.2. The number of aliphatic hydroxyl groups excluding tert-OH is 1. The van der Waals surface area contributed by atoms with E-state index in [-0.39, 0.29) is 0 Å². The first kappa shape index (κ1) is 11.3. The summed E-state index contributed by atoms with van der Waals surface area (Å²) in [7, 11) is 0. The monoisotopic (exact) mass is 233 g/mol. The molecule has 84 valence electrons. The summed E-state index contributed by atoms with van der Waals surface area (Å²) in [5, 5.41) is 10.2. The van der Waals surface area contributed by atoms with Crippen LogP contribution in [-0.2, 0) is 0 Å². The normalized spacial score (nSPS) is 12.8. The number of aliphatic hydroxyl groups is 1. The van der Waals surface area contributed by atoms with Gasteiger partial charge in [-0.3, -0.25) is 4.98 Å². The van der Waals surface area contributed by atoms with Gasteiger partial charge in [0.25, 0.3) is 0 Å². The van der Waals surface area contributed by atoms with Gasteiger partial charge in [0.2, 0.25) is 0 Å². The van der Waals surface area contributed by atoms with Crippen LogP contribution in [0.5, 0.6) is 0 Å². The molecule has 0 aliphatic heterocycles. The van der Waals surface area contributed by atoms with E-state index in [1.165, 1.54) is 10.4 Å². The van der Waals surface area contributed by atoms with E-state index in [4.69, 9.17) is 0 Å². The van der Waals surface area contributed by atoms with E-state index in [9.17, 15) is 5.11 Å². The van der Waals surface area contributed by atoms with Crippen molar-refractivity contribution in [2.45, 2.75) is 26.9 Å². The smallest absolute Gasteiger partial charge is 0.115 e. The average molecular weight is 233 g/mol. The molecule has 1 unspecified atom stereocenters. The Morgan fingerprint density at radius 1 is 1.25 bits per heavy atom. The van der Waals surface area contributed by atoms with Crippen LogP contribution in [0.4, 0.5) is 0 Å². The summed E-state index contributed by atoms with van der Waals surface area (Å²) in [4.78, 5) is 6.44. The fourth-order valence-corrected chi connectivity index (χ4v) is 2.60. The van der Waals surface area contributed by atoms with E-state index in [1.54, 1.807) is 17.5 Å². The lowest BCUT2D eigenvalue weighted by molar-refractivity contribution is 0.223. The lowest BCUT2D eigenvalue weighted by Gasteiger charge is -2.08. The predicted molar refractivity (Wildman–Crippen MR) is 66.8 cm³/mol. The van der Waals surface area contributed by atoms with Crippen LogP contribution in [0.25, 0.3) is 0 Å². The van der Waals surface area contributed by atoms with E-state index >= 15 is 0 Å². The molecule has 0 aromatic carbocycles. The minimum absolute atomic E-state index is 0.550. The van der Waals surface area contributed by atoms with Crippen molar-refractivity contribution in [1.29, 1.82) is 0 Å². The predicted octanol–water partition coefficient (Wildman–Crippen LogP) is 3.15. The average Bonchev–Trinajstić information content (AvgIpc) is 2.59. The van der Waals surface area contributed by atoms with Crippen molar-refractivity contribution in [3.63, 3.8) is 0 Å².